The van der Waals surface area contributed by atoms with Crippen molar-refractivity contribution in [2.24, 2.45) is 4.99 Å². The highest BCUT2D eigenvalue weighted by Gasteiger charge is 2.25. The number of hydrogen-bond acceptors (Lipinski definition) is 6. The molecule has 27 heavy (non-hydrogen) atoms. The van der Waals surface area contributed by atoms with E-state index in [0.717, 1.165) is 16.7 Å². The van der Waals surface area contributed by atoms with Crippen molar-refractivity contribution in [1.29, 1.82) is 0 Å². The Bertz CT molecular complexity index is 847. The average Bonchev–Trinajstić information content (AvgIpc) is 3.09. The number of fused-ring (bicyclic) bond motifs is 1. The van der Waals surface area contributed by atoms with Gasteiger partial charge < -0.3 is 14.9 Å². The number of aliphatic hydroxyl groups is 2. The minimum atomic E-state index is -0.630. The summed E-state index contributed by atoms with van der Waals surface area (Å²) in [4.78, 5) is 21.4. The molecule has 0 spiro atoms. The summed E-state index contributed by atoms with van der Waals surface area (Å²) < 4.78 is 5.23. The molecule has 2 aromatic rings. The first kappa shape index (κ1) is 19.2. The van der Waals surface area contributed by atoms with Crippen molar-refractivity contribution < 1.29 is 19.7 Å². The maximum absolute atomic E-state index is 12.7. The summed E-state index contributed by atoms with van der Waals surface area (Å²) in [5.74, 6) is 0.207. The van der Waals surface area contributed by atoms with Gasteiger partial charge in [-0.25, -0.2) is 4.99 Å². The molecule has 0 unspecified atom stereocenters. The lowest BCUT2D eigenvalue weighted by atomic mass is 9.88. The highest BCUT2D eigenvalue weighted by molar-refractivity contribution is 5.98. The van der Waals surface area contributed by atoms with Crippen molar-refractivity contribution >= 4 is 11.7 Å². The molecule has 0 bridgehead atoms. The van der Waals surface area contributed by atoms with E-state index in [1.165, 1.54) is 7.11 Å². The Morgan fingerprint density at radius 1 is 1.30 bits per heavy atom. The summed E-state index contributed by atoms with van der Waals surface area (Å²) in [6.45, 7) is 1.91. The highest BCUT2D eigenvalue weighted by atomic mass is 16.5. The Hall–Kier alpha value is -2.57. The largest absolute Gasteiger partial charge is 0.481 e. The van der Waals surface area contributed by atoms with E-state index in [4.69, 9.17) is 4.74 Å². The highest BCUT2D eigenvalue weighted by Crippen LogP contribution is 2.26. The fourth-order valence-corrected chi connectivity index (χ4v) is 3.50. The number of aliphatic hydroxyl groups excluding tert-OH is 2. The topological polar surface area (TPSA) is 92.0 Å². The maximum atomic E-state index is 12.7. The molecule has 1 aromatic heterocycles. The van der Waals surface area contributed by atoms with Gasteiger partial charge in [0.25, 0.3) is 0 Å². The summed E-state index contributed by atoms with van der Waals surface area (Å²) in [5.41, 5.74) is 3.65. The smallest absolute Gasteiger partial charge is 0.218 e. The lowest BCUT2D eigenvalue weighted by Gasteiger charge is -2.20. The minimum Gasteiger partial charge on any atom is -0.481 e. The van der Waals surface area contributed by atoms with Crippen LogP contribution >= 0.6 is 0 Å². The third-order valence-electron chi connectivity index (χ3n) is 4.82. The first-order chi connectivity index (χ1) is 13.0. The second-order valence-electron chi connectivity index (χ2n) is 6.76. The third kappa shape index (κ3) is 4.23. The molecule has 1 aliphatic rings. The molecule has 0 fully saturated rings. The van der Waals surface area contributed by atoms with E-state index in [-0.39, 0.29) is 31.1 Å². The number of ether oxygens (including phenoxy) is 1. The third-order valence-corrected chi connectivity index (χ3v) is 4.82. The molecule has 2 N–H and O–H groups in total. The maximum Gasteiger partial charge on any atom is 0.218 e. The summed E-state index contributed by atoms with van der Waals surface area (Å²) in [6, 6.07) is 11.4. The van der Waals surface area contributed by atoms with Gasteiger partial charge in [0.1, 0.15) is 5.78 Å². The average molecular weight is 368 g/mol. The first-order valence-corrected chi connectivity index (χ1v) is 8.99. The number of Topliss-reactive ketones (excluding diaryl/α,β-unsaturated/α-hetero) is 1. The summed E-state index contributed by atoms with van der Waals surface area (Å²) >= 11 is 0. The molecule has 3 rings (SSSR count). The molecule has 6 heteroatoms. The van der Waals surface area contributed by atoms with Gasteiger partial charge in [0.05, 0.1) is 37.6 Å². The quantitative estimate of drug-likeness (QED) is 0.781. The number of hydrogen-bond donors (Lipinski definition) is 2. The Labute approximate surface area is 158 Å². The van der Waals surface area contributed by atoms with Crippen molar-refractivity contribution in [3.05, 3.63) is 64.5 Å². The normalized spacial score (nSPS) is 15.0. The van der Waals surface area contributed by atoms with E-state index in [1.807, 2.05) is 36.4 Å². The van der Waals surface area contributed by atoms with Gasteiger partial charge in [-0.05, 0) is 24.1 Å². The van der Waals surface area contributed by atoms with Crippen LogP contribution in [0.2, 0.25) is 0 Å². The van der Waals surface area contributed by atoms with Gasteiger partial charge in [-0.1, -0.05) is 30.3 Å². The fraction of sp³-hybridized carbons (Fsp3) is 0.381. The molecule has 1 aliphatic heterocycles. The summed E-state index contributed by atoms with van der Waals surface area (Å²) in [7, 11) is 1.53. The molecular formula is C21H24N2O4. The van der Waals surface area contributed by atoms with Gasteiger partial charge in [-0.2, -0.15) is 0 Å². The number of nitrogens with zero attached hydrogens (tertiary/aromatic N) is 2. The van der Waals surface area contributed by atoms with Crippen LogP contribution in [0.15, 0.2) is 41.4 Å². The number of carbonyl (C=O) groups is 1. The van der Waals surface area contributed by atoms with Crippen molar-refractivity contribution in [2.45, 2.75) is 44.9 Å². The summed E-state index contributed by atoms with van der Waals surface area (Å²) in [5, 5.41) is 19.8. The second-order valence-corrected chi connectivity index (χ2v) is 6.76. The number of carbonyl (C=O) groups excluding carboxylic acids is 1. The standard InChI is InChI=1S/C21H24N2O4/c1-13(25)18(14-6-4-3-5-7-14)10-17(26)9-16-8-15-11-22-21(27-2)20(15)19(12-24)23-16/h3-8,13,18,24-25H,9-12H2,1-2H3/t13-,18-/m1/s1. The van der Waals surface area contributed by atoms with Crippen LogP contribution in [0, 0.1) is 0 Å². The van der Waals surface area contributed by atoms with Gasteiger partial charge in [-0.3, -0.25) is 9.78 Å². The van der Waals surface area contributed by atoms with E-state index in [9.17, 15) is 15.0 Å². The molecular weight excluding hydrogens is 344 g/mol. The monoisotopic (exact) mass is 368 g/mol. The molecule has 142 valence electrons. The van der Waals surface area contributed by atoms with Crippen molar-refractivity contribution in [3.8, 4) is 0 Å². The van der Waals surface area contributed by atoms with E-state index >= 15 is 0 Å². The van der Waals surface area contributed by atoms with E-state index in [2.05, 4.69) is 9.98 Å². The first-order valence-electron chi connectivity index (χ1n) is 8.99. The zero-order chi connectivity index (χ0) is 19.4. The number of pyridine rings is 1. The molecule has 0 radical (unpaired) electrons. The molecule has 0 saturated carbocycles. The van der Waals surface area contributed by atoms with Crippen LogP contribution in [-0.4, -0.2) is 40.1 Å². The zero-order valence-corrected chi connectivity index (χ0v) is 15.6. The van der Waals surface area contributed by atoms with E-state index < -0.39 is 6.10 Å². The minimum absolute atomic E-state index is 0.00743. The number of benzene rings is 1. The van der Waals surface area contributed by atoms with Crippen LogP contribution in [0.4, 0.5) is 0 Å². The molecule has 6 nitrogen and oxygen atoms in total. The SMILES string of the molecule is COC1=NCc2cc(CC(=O)C[C@@H](c3ccccc3)[C@@H](C)O)nc(CO)c21. The summed E-state index contributed by atoms with van der Waals surface area (Å²) in [6.07, 6.45) is -0.247. The van der Waals surface area contributed by atoms with Gasteiger partial charge in [0.2, 0.25) is 5.90 Å². The number of aliphatic imine (C=N–C) groups is 1. The number of ketones is 1. The van der Waals surface area contributed by atoms with Gasteiger partial charge >= 0.3 is 0 Å². The van der Waals surface area contributed by atoms with Crippen LogP contribution in [0.25, 0.3) is 0 Å². The molecule has 1 aromatic carbocycles. The predicted molar refractivity (Wildman–Crippen MR) is 102 cm³/mol. The van der Waals surface area contributed by atoms with Crippen molar-refractivity contribution in [3.63, 3.8) is 0 Å². The fourth-order valence-electron chi connectivity index (χ4n) is 3.50. The van der Waals surface area contributed by atoms with Crippen LogP contribution in [0.3, 0.4) is 0 Å². The van der Waals surface area contributed by atoms with Gasteiger partial charge in [-0.15, -0.1) is 0 Å². The second kappa shape index (κ2) is 8.41. The molecule has 2 heterocycles. The Morgan fingerprint density at radius 2 is 2.04 bits per heavy atom. The Balaban J connectivity index is 1.77. The predicted octanol–water partition coefficient (Wildman–Crippen LogP) is 2.15. The van der Waals surface area contributed by atoms with Crippen LogP contribution in [0.5, 0.6) is 0 Å². The van der Waals surface area contributed by atoms with Crippen LogP contribution < -0.4 is 0 Å². The van der Waals surface area contributed by atoms with Crippen LogP contribution in [0.1, 0.15) is 47.3 Å². The van der Waals surface area contributed by atoms with Crippen molar-refractivity contribution in [1.82, 2.24) is 4.98 Å². The Morgan fingerprint density at radius 3 is 2.67 bits per heavy atom. The van der Waals surface area contributed by atoms with Gasteiger partial charge in [0, 0.05) is 24.5 Å². The van der Waals surface area contributed by atoms with Crippen LogP contribution in [-0.2, 0) is 29.1 Å². The zero-order valence-electron chi connectivity index (χ0n) is 15.6. The molecule has 0 amide bonds. The van der Waals surface area contributed by atoms with Gasteiger partial charge in [0.15, 0.2) is 0 Å². The van der Waals surface area contributed by atoms with E-state index in [0.29, 0.717) is 23.8 Å². The van der Waals surface area contributed by atoms with E-state index in [1.54, 1.807) is 6.92 Å². The number of methoxy groups -OCH3 is 1. The molecule has 0 aliphatic carbocycles. The Kier molecular flexibility index (Phi) is 5.98. The lowest BCUT2D eigenvalue weighted by molar-refractivity contribution is -0.119. The molecule has 2 atom stereocenters. The lowest BCUT2D eigenvalue weighted by Crippen LogP contribution is -2.20. The van der Waals surface area contributed by atoms with Crippen molar-refractivity contribution in [2.75, 3.05) is 7.11 Å². The number of aromatic nitrogens is 1. The number of rotatable bonds is 7. The molecule has 0 saturated heterocycles.